The molecule has 146 valence electrons. The van der Waals surface area contributed by atoms with Gasteiger partial charge in [0.25, 0.3) is 6.01 Å². The molecule has 0 saturated carbocycles. The van der Waals surface area contributed by atoms with Crippen LogP contribution in [0, 0.1) is 17.0 Å². The zero-order valence-corrected chi connectivity index (χ0v) is 14.4. The van der Waals surface area contributed by atoms with Gasteiger partial charge in [-0.2, -0.15) is 9.37 Å². The molecule has 3 aromatic rings. The maximum atomic E-state index is 14.6. The van der Waals surface area contributed by atoms with Crippen LogP contribution in [-0.2, 0) is 11.3 Å². The molecule has 0 saturated heterocycles. The van der Waals surface area contributed by atoms with Crippen LogP contribution in [0.5, 0.6) is 5.75 Å². The quantitative estimate of drug-likeness (QED) is 0.185. The van der Waals surface area contributed by atoms with Gasteiger partial charge >= 0.3 is 5.97 Å². The lowest BCUT2D eigenvalue weighted by molar-refractivity contribution is -0.133. The minimum atomic E-state index is -0.937. The molecule has 2 aromatic carbocycles. The van der Waals surface area contributed by atoms with E-state index < -0.39 is 30.1 Å². The van der Waals surface area contributed by atoms with Crippen molar-refractivity contribution in [2.24, 2.45) is 11.5 Å². The number of carbonyl (C=O) groups excluding carboxylic acids is 1. The number of hydrogen-bond donors (Lipinski definition) is 5. The van der Waals surface area contributed by atoms with Crippen molar-refractivity contribution in [3.8, 4) is 5.75 Å². The number of nitrogens with two attached hydrogens (primary N) is 2. The standard InChI is InChI=1S/C17H16F2N6O3/c18-9-2-1-8(6-20)11(5-9)25-17-24-10-3-4-12(14(19)15(10)28-17)27-13(26)7-23-16(21)22/h1-5H,6-7,20H2,(H,24,25)(H4,21,22,23). The molecule has 0 amide bonds. The molecular weight excluding hydrogens is 374 g/mol. The van der Waals surface area contributed by atoms with Gasteiger partial charge in [-0.15, -0.1) is 0 Å². The molecule has 0 unspecified atom stereocenters. The van der Waals surface area contributed by atoms with Gasteiger partial charge in [-0.3, -0.25) is 5.41 Å². The summed E-state index contributed by atoms with van der Waals surface area (Å²) in [6.07, 6.45) is 0. The van der Waals surface area contributed by atoms with E-state index in [9.17, 15) is 13.6 Å². The molecule has 0 spiro atoms. The van der Waals surface area contributed by atoms with Crippen LogP contribution in [-0.4, -0.2) is 23.5 Å². The van der Waals surface area contributed by atoms with Gasteiger partial charge in [0.15, 0.2) is 17.3 Å². The lowest BCUT2D eigenvalue weighted by Gasteiger charge is -2.07. The number of halogens is 2. The summed E-state index contributed by atoms with van der Waals surface area (Å²) in [7, 11) is 0. The Morgan fingerprint density at radius 1 is 1.29 bits per heavy atom. The summed E-state index contributed by atoms with van der Waals surface area (Å²) in [5.41, 5.74) is 11.5. The van der Waals surface area contributed by atoms with Crippen molar-refractivity contribution >= 4 is 34.7 Å². The second-order valence-electron chi connectivity index (χ2n) is 5.62. The number of carbonyl (C=O) groups is 1. The smallest absolute Gasteiger partial charge is 0.330 e. The van der Waals surface area contributed by atoms with Crippen LogP contribution in [0.2, 0.25) is 0 Å². The highest BCUT2D eigenvalue weighted by atomic mass is 19.1. The second kappa shape index (κ2) is 7.88. The normalized spacial score (nSPS) is 10.7. The number of nitrogens with one attached hydrogen (secondary N) is 3. The van der Waals surface area contributed by atoms with Gasteiger partial charge in [0.2, 0.25) is 5.82 Å². The number of esters is 1. The third kappa shape index (κ3) is 4.15. The molecule has 1 heterocycles. The Kier molecular flexibility index (Phi) is 5.36. The van der Waals surface area contributed by atoms with Crippen LogP contribution in [0.15, 0.2) is 34.7 Å². The van der Waals surface area contributed by atoms with Gasteiger partial charge in [-0.25, -0.2) is 9.18 Å². The molecule has 0 atom stereocenters. The van der Waals surface area contributed by atoms with Gasteiger partial charge in [-0.1, -0.05) is 6.07 Å². The Morgan fingerprint density at radius 3 is 2.79 bits per heavy atom. The lowest BCUT2D eigenvalue weighted by Crippen LogP contribution is -2.36. The molecule has 1 aromatic heterocycles. The highest BCUT2D eigenvalue weighted by Gasteiger charge is 2.18. The highest BCUT2D eigenvalue weighted by Crippen LogP contribution is 2.30. The molecule has 0 radical (unpaired) electrons. The Labute approximate surface area is 157 Å². The molecule has 0 aliphatic heterocycles. The zero-order valence-electron chi connectivity index (χ0n) is 14.4. The van der Waals surface area contributed by atoms with Crippen LogP contribution < -0.4 is 26.8 Å². The number of rotatable bonds is 6. The van der Waals surface area contributed by atoms with Crippen molar-refractivity contribution in [2.75, 3.05) is 11.9 Å². The summed E-state index contributed by atoms with van der Waals surface area (Å²) in [5, 5.41) is 12.0. The first-order valence-corrected chi connectivity index (χ1v) is 8.00. The van der Waals surface area contributed by atoms with E-state index in [4.69, 9.17) is 26.0 Å². The number of benzene rings is 2. The molecular formula is C17H16F2N6O3. The predicted molar refractivity (Wildman–Crippen MR) is 97.1 cm³/mol. The fourth-order valence-electron chi connectivity index (χ4n) is 2.36. The first-order valence-electron chi connectivity index (χ1n) is 8.00. The third-order valence-corrected chi connectivity index (χ3v) is 3.64. The number of nitrogens with zero attached hydrogens (tertiary/aromatic N) is 1. The maximum absolute atomic E-state index is 14.6. The molecule has 0 aliphatic rings. The van der Waals surface area contributed by atoms with Crippen molar-refractivity contribution in [1.29, 1.82) is 5.41 Å². The largest absolute Gasteiger partial charge is 0.422 e. The molecule has 3 rings (SSSR count). The Bertz CT molecular complexity index is 1050. The average molecular weight is 390 g/mol. The number of ether oxygens (including phenoxy) is 1. The highest BCUT2D eigenvalue weighted by molar-refractivity contribution is 5.83. The van der Waals surface area contributed by atoms with Gasteiger partial charge in [0.1, 0.15) is 17.9 Å². The van der Waals surface area contributed by atoms with Crippen molar-refractivity contribution in [2.45, 2.75) is 6.54 Å². The predicted octanol–water partition coefficient (Wildman–Crippen LogP) is 1.70. The summed E-state index contributed by atoms with van der Waals surface area (Å²) in [5.74, 6) is -3.08. The van der Waals surface area contributed by atoms with Crippen molar-refractivity contribution in [3.05, 3.63) is 47.5 Å². The van der Waals surface area contributed by atoms with E-state index in [1.807, 2.05) is 0 Å². The van der Waals surface area contributed by atoms with Crippen molar-refractivity contribution in [1.82, 2.24) is 10.3 Å². The first-order chi connectivity index (χ1) is 13.4. The Morgan fingerprint density at radius 2 is 2.07 bits per heavy atom. The monoisotopic (exact) mass is 390 g/mol. The number of guanidine groups is 1. The summed E-state index contributed by atoms with van der Waals surface area (Å²) in [4.78, 5) is 15.7. The van der Waals surface area contributed by atoms with E-state index in [0.29, 0.717) is 11.3 Å². The van der Waals surface area contributed by atoms with Gasteiger partial charge in [-0.05, 0) is 29.8 Å². The molecule has 0 fully saturated rings. The molecule has 0 aliphatic carbocycles. The first kappa shape index (κ1) is 19.0. The number of anilines is 2. The van der Waals surface area contributed by atoms with Crippen LogP contribution in [0.4, 0.5) is 20.5 Å². The molecule has 0 bridgehead atoms. The zero-order chi connectivity index (χ0) is 20.3. The second-order valence-corrected chi connectivity index (χ2v) is 5.62. The topological polar surface area (TPSA) is 152 Å². The lowest BCUT2D eigenvalue weighted by atomic mass is 10.2. The van der Waals surface area contributed by atoms with E-state index in [1.54, 1.807) is 0 Å². The minimum absolute atomic E-state index is 0.0871. The third-order valence-electron chi connectivity index (χ3n) is 3.64. The number of fused-ring (bicyclic) bond motifs is 1. The number of aromatic nitrogens is 1. The fourth-order valence-corrected chi connectivity index (χ4v) is 2.36. The van der Waals surface area contributed by atoms with Gasteiger partial charge in [0.05, 0.1) is 0 Å². The summed E-state index contributed by atoms with van der Waals surface area (Å²) in [6.45, 7) is -0.261. The number of hydrogen-bond acceptors (Lipinski definition) is 7. The maximum Gasteiger partial charge on any atom is 0.330 e. The van der Waals surface area contributed by atoms with Gasteiger partial charge < -0.3 is 31.3 Å². The van der Waals surface area contributed by atoms with E-state index in [-0.39, 0.29) is 29.4 Å². The van der Waals surface area contributed by atoms with Gasteiger partial charge in [0, 0.05) is 12.2 Å². The summed E-state index contributed by atoms with van der Waals surface area (Å²) in [6, 6.07) is 6.50. The Hall–Kier alpha value is -3.73. The molecule has 11 heteroatoms. The molecule has 9 nitrogen and oxygen atoms in total. The van der Waals surface area contributed by atoms with E-state index >= 15 is 0 Å². The van der Waals surface area contributed by atoms with Crippen LogP contribution in [0.1, 0.15) is 5.56 Å². The summed E-state index contributed by atoms with van der Waals surface area (Å²) < 4.78 is 38.3. The minimum Gasteiger partial charge on any atom is -0.422 e. The van der Waals surface area contributed by atoms with Crippen molar-refractivity contribution < 1.29 is 22.7 Å². The van der Waals surface area contributed by atoms with Crippen molar-refractivity contribution in [3.63, 3.8) is 0 Å². The van der Waals surface area contributed by atoms with E-state index in [1.165, 1.54) is 30.3 Å². The fraction of sp³-hybridized carbons (Fsp3) is 0.118. The molecule has 28 heavy (non-hydrogen) atoms. The van der Waals surface area contributed by atoms with Crippen LogP contribution in [0.3, 0.4) is 0 Å². The molecule has 7 N–H and O–H groups in total. The number of oxazole rings is 1. The van der Waals surface area contributed by atoms with Crippen LogP contribution in [0.25, 0.3) is 11.1 Å². The van der Waals surface area contributed by atoms with E-state index in [0.717, 1.165) is 0 Å². The average Bonchev–Trinajstić information content (AvgIpc) is 3.06. The van der Waals surface area contributed by atoms with Crippen LogP contribution >= 0.6 is 0 Å². The Balaban J connectivity index is 1.84. The SMILES string of the molecule is N=C(N)NCC(=O)Oc1ccc2nc(Nc3cc(F)ccc3CN)oc2c1F. The van der Waals surface area contributed by atoms with E-state index in [2.05, 4.69) is 15.6 Å². The summed E-state index contributed by atoms with van der Waals surface area (Å²) >= 11 is 0.